The lowest BCUT2D eigenvalue weighted by Crippen LogP contribution is -2.39. The summed E-state index contributed by atoms with van der Waals surface area (Å²) in [5.74, 6) is 2.22. The maximum Gasteiger partial charge on any atom is 0.00647 e. The van der Waals surface area contributed by atoms with Crippen LogP contribution < -0.4 is 11.5 Å². The Hall–Kier alpha value is -0.0800. The van der Waals surface area contributed by atoms with Crippen molar-refractivity contribution in [3.05, 3.63) is 0 Å². The van der Waals surface area contributed by atoms with Crippen LogP contribution in [0, 0.1) is 23.2 Å². The normalized spacial score (nSPS) is 26.2. The third-order valence-electron chi connectivity index (χ3n) is 7.06. The standard InChI is InChI=1S/C23H48N2/c1-18(2)21(24)13-11-9-7-6-8-10-12-16-23(4,5)20-14-15-22(25)19(3)17-20/h18-22H,6-17,24-25H2,1-5H3. The molecule has 0 aromatic heterocycles. The van der Waals surface area contributed by atoms with E-state index in [0.29, 0.717) is 29.3 Å². The van der Waals surface area contributed by atoms with Gasteiger partial charge in [0.25, 0.3) is 0 Å². The molecular formula is C23H48N2. The smallest absolute Gasteiger partial charge is 0.00647 e. The first-order valence-corrected chi connectivity index (χ1v) is 11.2. The summed E-state index contributed by atoms with van der Waals surface area (Å²) >= 11 is 0. The first-order valence-electron chi connectivity index (χ1n) is 11.2. The first-order chi connectivity index (χ1) is 11.7. The summed E-state index contributed by atoms with van der Waals surface area (Å²) in [5.41, 5.74) is 12.8. The maximum absolute atomic E-state index is 6.20. The van der Waals surface area contributed by atoms with E-state index < -0.39 is 0 Å². The Kier molecular flexibility index (Phi) is 10.6. The van der Waals surface area contributed by atoms with Gasteiger partial charge in [0.05, 0.1) is 0 Å². The molecule has 0 radical (unpaired) electrons. The molecule has 0 saturated heterocycles. The van der Waals surface area contributed by atoms with Crippen LogP contribution in [-0.4, -0.2) is 12.1 Å². The highest BCUT2D eigenvalue weighted by Gasteiger charge is 2.34. The van der Waals surface area contributed by atoms with E-state index in [1.54, 1.807) is 0 Å². The number of unbranched alkanes of at least 4 members (excludes halogenated alkanes) is 6. The van der Waals surface area contributed by atoms with Crippen LogP contribution in [0.1, 0.15) is 112 Å². The predicted molar refractivity (Wildman–Crippen MR) is 113 cm³/mol. The Morgan fingerprint density at radius 1 is 0.920 bits per heavy atom. The molecule has 0 bridgehead atoms. The molecule has 2 heteroatoms. The van der Waals surface area contributed by atoms with Gasteiger partial charge < -0.3 is 11.5 Å². The minimum atomic E-state index is 0.402. The van der Waals surface area contributed by atoms with Gasteiger partial charge >= 0.3 is 0 Å². The monoisotopic (exact) mass is 352 g/mol. The van der Waals surface area contributed by atoms with E-state index in [0.717, 1.165) is 5.92 Å². The van der Waals surface area contributed by atoms with Crippen LogP contribution in [0.25, 0.3) is 0 Å². The molecule has 150 valence electrons. The predicted octanol–water partition coefficient (Wildman–Crippen LogP) is 6.27. The zero-order valence-electron chi connectivity index (χ0n) is 18.0. The highest BCUT2D eigenvalue weighted by molar-refractivity contribution is 4.87. The minimum absolute atomic E-state index is 0.402. The van der Waals surface area contributed by atoms with E-state index in [1.165, 1.54) is 77.0 Å². The van der Waals surface area contributed by atoms with Crippen molar-refractivity contribution in [3.63, 3.8) is 0 Å². The Bertz CT molecular complexity index is 337. The summed E-state index contributed by atoms with van der Waals surface area (Å²) in [4.78, 5) is 0. The molecule has 0 aromatic carbocycles. The van der Waals surface area contributed by atoms with Crippen LogP contribution in [0.5, 0.6) is 0 Å². The van der Waals surface area contributed by atoms with E-state index in [4.69, 9.17) is 11.5 Å². The van der Waals surface area contributed by atoms with Crippen molar-refractivity contribution >= 4 is 0 Å². The van der Waals surface area contributed by atoms with Crippen molar-refractivity contribution in [2.45, 2.75) is 124 Å². The zero-order valence-corrected chi connectivity index (χ0v) is 18.0. The molecule has 0 heterocycles. The quantitative estimate of drug-likeness (QED) is 0.407. The Labute approximate surface area is 158 Å². The van der Waals surface area contributed by atoms with Gasteiger partial charge in [-0.25, -0.2) is 0 Å². The number of rotatable bonds is 12. The lowest BCUT2D eigenvalue weighted by Gasteiger charge is -2.41. The van der Waals surface area contributed by atoms with Crippen LogP contribution in [0.2, 0.25) is 0 Å². The second-order valence-corrected chi connectivity index (χ2v) is 10.1. The van der Waals surface area contributed by atoms with Crippen molar-refractivity contribution in [1.29, 1.82) is 0 Å². The Morgan fingerprint density at radius 2 is 1.48 bits per heavy atom. The van der Waals surface area contributed by atoms with E-state index in [9.17, 15) is 0 Å². The lowest BCUT2D eigenvalue weighted by atomic mass is 9.65. The molecule has 0 aliphatic heterocycles. The maximum atomic E-state index is 6.20. The van der Waals surface area contributed by atoms with Gasteiger partial charge in [0.1, 0.15) is 0 Å². The molecule has 1 aliphatic rings. The molecular weight excluding hydrogens is 304 g/mol. The van der Waals surface area contributed by atoms with Crippen molar-refractivity contribution in [2.75, 3.05) is 0 Å². The minimum Gasteiger partial charge on any atom is -0.327 e. The van der Waals surface area contributed by atoms with Gasteiger partial charge in [0.2, 0.25) is 0 Å². The largest absolute Gasteiger partial charge is 0.327 e. The fourth-order valence-corrected chi connectivity index (χ4v) is 4.51. The summed E-state index contributed by atoms with van der Waals surface area (Å²) < 4.78 is 0. The molecule has 4 unspecified atom stereocenters. The molecule has 2 nitrogen and oxygen atoms in total. The van der Waals surface area contributed by atoms with Gasteiger partial charge in [-0.3, -0.25) is 0 Å². The average Bonchev–Trinajstić information content (AvgIpc) is 2.55. The van der Waals surface area contributed by atoms with Gasteiger partial charge in [-0.1, -0.05) is 79.6 Å². The van der Waals surface area contributed by atoms with Gasteiger partial charge in [-0.15, -0.1) is 0 Å². The van der Waals surface area contributed by atoms with Crippen LogP contribution in [-0.2, 0) is 0 Å². The van der Waals surface area contributed by atoms with E-state index in [-0.39, 0.29) is 0 Å². The number of hydrogen-bond donors (Lipinski definition) is 2. The molecule has 0 aromatic rings. The number of hydrogen-bond acceptors (Lipinski definition) is 2. The molecule has 1 saturated carbocycles. The topological polar surface area (TPSA) is 52.0 Å². The molecule has 25 heavy (non-hydrogen) atoms. The molecule has 0 spiro atoms. The summed E-state index contributed by atoms with van der Waals surface area (Å²) in [6.45, 7) is 11.8. The Morgan fingerprint density at radius 3 is 2.04 bits per heavy atom. The van der Waals surface area contributed by atoms with Crippen LogP contribution in [0.4, 0.5) is 0 Å². The second-order valence-electron chi connectivity index (χ2n) is 10.1. The van der Waals surface area contributed by atoms with Gasteiger partial charge in [0.15, 0.2) is 0 Å². The highest BCUT2D eigenvalue weighted by Crippen LogP contribution is 2.43. The van der Waals surface area contributed by atoms with Crippen molar-refractivity contribution in [2.24, 2.45) is 34.6 Å². The molecule has 1 rings (SSSR count). The summed E-state index contributed by atoms with van der Waals surface area (Å²) in [6.07, 6.45) is 16.2. The fourth-order valence-electron chi connectivity index (χ4n) is 4.51. The van der Waals surface area contributed by atoms with Crippen LogP contribution in [0.15, 0.2) is 0 Å². The van der Waals surface area contributed by atoms with Gasteiger partial charge in [-0.2, -0.15) is 0 Å². The molecule has 4 N–H and O–H groups in total. The summed E-state index contributed by atoms with van der Waals surface area (Å²) in [6, 6.07) is 0.849. The van der Waals surface area contributed by atoms with Crippen LogP contribution >= 0.6 is 0 Å². The summed E-state index contributed by atoms with van der Waals surface area (Å²) in [5, 5.41) is 0. The SMILES string of the molecule is CC(C)C(N)CCCCCCCCCC(C)(C)C1CCC(N)C(C)C1. The van der Waals surface area contributed by atoms with Crippen molar-refractivity contribution < 1.29 is 0 Å². The van der Waals surface area contributed by atoms with Crippen molar-refractivity contribution in [1.82, 2.24) is 0 Å². The van der Waals surface area contributed by atoms with E-state index in [1.807, 2.05) is 0 Å². The highest BCUT2D eigenvalue weighted by atomic mass is 14.7. The van der Waals surface area contributed by atoms with Gasteiger partial charge in [-0.05, 0) is 55.3 Å². The Balaban J connectivity index is 2.03. The second kappa shape index (κ2) is 11.6. The lowest BCUT2D eigenvalue weighted by molar-refractivity contribution is 0.107. The van der Waals surface area contributed by atoms with E-state index >= 15 is 0 Å². The number of nitrogens with two attached hydrogens (primary N) is 2. The zero-order chi connectivity index (χ0) is 18.9. The van der Waals surface area contributed by atoms with Crippen LogP contribution in [0.3, 0.4) is 0 Å². The van der Waals surface area contributed by atoms with Gasteiger partial charge in [0, 0.05) is 12.1 Å². The molecule has 4 atom stereocenters. The van der Waals surface area contributed by atoms with E-state index in [2.05, 4.69) is 34.6 Å². The van der Waals surface area contributed by atoms with Crippen molar-refractivity contribution in [3.8, 4) is 0 Å². The fraction of sp³-hybridized carbons (Fsp3) is 1.00. The molecule has 1 fully saturated rings. The first kappa shape index (κ1) is 23.0. The third-order valence-corrected chi connectivity index (χ3v) is 7.06. The third kappa shape index (κ3) is 8.91. The average molecular weight is 353 g/mol. The molecule has 0 amide bonds. The molecule has 1 aliphatic carbocycles. The summed E-state index contributed by atoms with van der Waals surface area (Å²) in [7, 11) is 0.